The second-order valence-electron chi connectivity index (χ2n) is 3.10. The first kappa shape index (κ1) is 13.9. The molecule has 0 atom stereocenters. The second-order valence-corrected chi connectivity index (χ2v) is 3.89. The zero-order chi connectivity index (χ0) is 12.7. The third kappa shape index (κ3) is 4.29. The topological polar surface area (TPSA) is 87.6 Å². The van der Waals surface area contributed by atoms with E-state index < -0.39 is 4.92 Å². The fourth-order valence-corrected chi connectivity index (χ4v) is 1.67. The third-order valence-electron chi connectivity index (χ3n) is 1.89. The first-order valence-corrected chi connectivity index (χ1v) is 5.79. The predicted octanol–water partition coefficient (Wildman–Crippen LogP) is 1.71. The number of hydrogen-bond acceptors (Lipinski definition) is 5. The number of nitro benzene ring substituents is 1. The Morgan fingerprint density at radius 1 is 1.35 bits per heavy atom. The molecule has 1 aromatic rings. The first-order chi connectivity index (χ1) is 8.16. The molecule has 0 radical (unpaired) electrons. The van der Waals surface area contributed by atoms with E-state index in [1.165, 1.54) is 6.07 Å². The normalized spacial score (nSPS) is 10.2. The Morgan fingerprint density at radius 3 is 2.76 bits per heavy atom. The Hall–Kier alpha value is -1.18. The summed E-state index contributed by atoms with van der Waals surface area (Å²) in [5, 5.41) is 10.7. The fourth-order valence-electron chi connectivity index (χ4n) is 1.15. The molecule has 0 aliphatic heterocycles. The molecule has 6 nitrogen and oxygen atoms in total. The highest BCUT2D eigenvalue weighted by atomic mass is 79.9. The van der Waals surface area contributed by atoms with Crippen molar-refractivity contribution in [3.8, 4) is 5.75 Å². The Morgan fingerprint density at radius 2 is 2.12 bits per heavy atom. The predicted molar refractivity (Wildman–Crippen MR) is 66.2 cm³/mol. The lowest BCUT2D eigenvalue weighted by Gasteiger charge is -2.08. The summed E-state index contributed by atoms with van der Waals surface area (Å²) < 4.78 is 10.8. The molecule has 0 aromatic heterocycles. The van der Waals surface area contributed by atoms with Gasteiger partial charge in [-0.25, -0.2) is 0 Å². The largest absolute Gasteiger partial charge is 0.490 e. The summed E-state index contributed by atoms with van der Waals surface area (Å²) in [7, 11) is 0. The number of nitro groups is 1. The molecule has 0 unspecified atom stereocenters. The van der Waals surface area contributed by atoms with Crippen molar-refractivity contribution in [3.63, 3.8) is 0 Å². The molecule has 0 spiro atoms. The van der Waals surface area contributed by atoms with E-state index in [4.69, 9.17) is 15.2 Å². The van der Waals surface area contributed by atoms with Crippen molar-refractivity contribution in [2.45, 2.75) is 0 Å². The number of nitrogens with zero attached hydrogens (tertiary/aromatic N) is 1. The fraction of sp³-hybridized carbons (Fsp3) is 0.400. The minimum absolute atomic E-state index is 0.0228. The first-order valence-electron chi connectivity index (χ1n) is 5.00. The number of ether oxygens (including phenoxy) is 2. The summed E-state index contributed by atoms with van der Waals surface area (Å²) in [5.41, 5.74) is 5.23. The highest BCUT2D eigenvalue weighted by molar-refractivity contribution is 9.10. The summed E-state index contributed by atoms with van der Waals surface area (Å²) in [5.74, 6) is 0.426. The van der Waals surface area contributed by atoms with Crippen LogP contribution >= 0.6 is 15.9 Å². The van der Waals surface area contributed by atoms with Crippen LogP contribution in [0.1, 0.15) is 0 Å². The van der Waals surface area contributed by atoms with Gasteiger partial charge in [0.2, 0.25) is 0 Å². The van der Waals surface area contributed by atoms with Gasteiger partial charge in [-0.2, -0.15) is 0 Å². The van der Waals surface area contributed by atoms with Crippen LogP contribution in [0.15, 0.2) is 22.7 Å². The smallest absolute Gasteiger partial charge is 0.287 e. The number of nitrogens with two attached hydrogens (primary N) is 1. The van der Waals surface area contributed by atoms with E-state index in [-0.39, 0.29) is 5.69 Å². The van der Waals surface area contributed by atoms with Crippen LogP contribution in [0.5, 0.6) is 5.75 Å². The summed E-state index contributed by atoms with van der Waals surface area (Å²) in [4.78, 5) is 10.2. The zero-order valence-electron chi connectivity index (χ0n) is 9.10. The summed E-state index contributed by atoms with van der Waals surface area (Å²) in [6, 6.07) is 4.63. The zero-order valence-corrected chi connectivity index (χ0v) is 10.7. The van der Waals surface area contributed by atoms with Gasteiger partial charge in [-0.3, -0.25) is 10.1 Å². The van der Waals surface area contributed by atoms with Gasteiger partial charge >= 0.3 is 0 Å². The standard InChI is InChI=1S/C10H13BrN2O4/c11-10-8(13(14)15)2-1-3-9(10)17-7-6-16-5-4-12/h1-3H,4-7,12H2. The van der Waals surface area contributed by atoms with Gasteiger partial charge in [0, 0.05) is 12.6 Å². The molecule has 0 amide bonds. The summed E-state index contributed by atoms with van der Waals surface area (Å²) in [6.45, 7) is 1.64. The monoisotopic (exact) mass is 304 g/mol. The van der Waals surface area contributed by atoms with Crippen molar-refractivity contribution in [3.05, 3.63) is 32.8 Å². The molecule has 0 heterocycles. The third-order valence-corrected chi connectivity index (χ3v) is 2.68. The quantitative estimate of drug-likeness (QED) is 0.471. The number of halogens is 1. The van der Waals surface area contributed by atoms with Gasteiger partial charge in [-0.05, 0) is 22.0 Å². The van der Waals surface area contributed by atoms with Crippen molar-refractivity contribution < 1.29 is 14.4 Å². The Kier molecular flexibility index (Phi) is 5.88. The molecule has 17 heavy (non-hydrogen) atoms. The van der Waals surface area contributed by atoms with E-state index in [1.807, 2.05) is 0 Å². The van der Waals surface area contributed by atoms with E-state index in [1.54, 1.807) is 12.1 Å². The van der Waals surface area contributed by atoms with Gasteiger partial charge in [-0.1, -0.05) is 6.07 Å². The molecule has 1 rings (SSSR count). The maximum atomic E-state index is 10.7. The van der Waals surface area contributed by atoms with Crippen molar-refractivity contribution >= 4 is 21.6 Å². The van der Waals surface area contributed by atoms with E-state index >= 15 is 0 Å². The van der Waals surface area contributed by atoms with Crippen LogP contribution in [-0.2, 0) is 4.74 Å². The molecule has 0 fully saturated rings. The Labute approximate surface area is 107 Å². The Bertz CT molecular complexity index is 387. The van der Waals surface area contributed by atoms with Crippen molar-refractivity contribution in [1.82, 2.24) is 0 Å². The summed E-state index contributed by atoms with van der Waals surface area (Å²) >= 11 is 3.14. The van der Waals surface area contributed by atoms with Crippen LogP contribution in [0.25, 0.3) is 0 Å². The highest BCUT2D eigenvalue weighted by Crippen LogP contribution is 2.33. The van der Waals surface area contributed by atoms with E-state index in [2.05, 4.69) is 15.9 Å². The molecule has 2 N–H and O–H groups in total. The van der Waals surface area contributed by atoms with E-state index in [0.29, 0.717) is 36.6 Å². The average molecular weight is 305 g/mol. The molecule has 1 aromatic carbocycles. The van der Waals surface area contributed by atoms with Crippen LogP contribution < -0.4 is 10.5 Å². The maximum Gasteiger partial charge on any atom is 0.287 e. The second kappa shape index (κ2) is 7.21. The Balaban J connectivity index is 2.54. The number of rotatable bonds is 7. The van der Waals surface area contributed by atoms with Gasteiger partial charge in [0.1, 0.15) is 16.8 Å². The molecular formula is C10H13BrN2O4. The van der Waals surface area contributed by atoms with Crippen LogP contribution in [0.3, 0.4) is 0 Å². The lowest BCUT2D eigenvalue weighted by atomic mass is 10.3. The number of hydrogen-bond donors (Lipinski definition) is 1. The van der Waals surface area contributed by atoms with Crippen LogP contribution in [0.2, 0.25) is 0 Å². The highest BCUT2D eigenvalue weighted by Gasteiger charge is 2.15. The van der Waals surface area contributed by atoms with Gasteiger partial charge < -0.3 is 15.2 Å². The molecule has 0 aliphatic rings. The molecule has 0 saturated heterocycles. The van der Waals surface area contributed by atoms with E-state index in [9.17, 15) is 10.1 Å². The molecule has 0 saturated carbocycles. The van der Waals surface area contributed by atoms with Gasteiger partial charge in [0.25, 0.3) is 5.69 Å². The average Bonchev–Trinajstić information content (AvgIpc) is 2.30. The summed E-state index contributed by atoms with van der Waals surface area (Å²) in [6.07, 6.45) is 0. The molecular weight excluding hydrogens is 292 g/mol. The molecule has 0 bridgehead atoms. The van der Waals surface area contributed by atoms with Gasteiger partial charge in [-0.15, -0.1) is 0 Å². The van der Waals surface area contributed by atoms with Crippen molar-refractivity contribution in [1.29, 1.82) is 0 Å². The minimum Gasteiger partial charge on any atom is -0.490 e. The van der Waals surface area contributed by atoms with Crippen LogP contribution in [-0.4, -0.2) is 31.3 Å². The maximum absolute atomic E-state index is 10.7. The van der Waals surface area contributed by atoms with E-state index in [0.717, 1.165) is 0 Å². The minimum atomic E-state index is -0.470. The molecule has 7 heteroatoms. The van der Waals surface area contributed by atoms with Crippen molar-refractivity contribution in [2.24, 2.45) is 5.73 Å². The lowest BCUT2D eigenvalue weighted by molar-refractivity contribution is -0.385. The molecule has 94 valence electrons. The lowest BCUT2D eigenvalue weighted by Crippen LogP contribution is -2.13. The van der Waals surface area contributed by atoms with Crippen molar-refractivity contribution in [2.75, 3.05) is 26.4 Å². The van der Waals surface area contributed by atoms with Gasteiger partial charge in [0.05, 0.1) is 18.1 Å². The van der Waals surface area contributed by atoms with Gasteiger partial charge in [0.15, 0.2) is 0 Å². The van der Waals surface area contributed by atoms with Crippen LogP contribution in [0, 0.1) is 10.1 Å². The SMILES string of the molecule is NCCOCCOc1cccc([N+](=O)[O-])c1Br. The number of benzene rings is 1. The van der Waals surface area contributed by atoms with Crippen LogP contribution in [0.4, 0.5) is 5.69 Å². The molecule has 0 aliphatic carbocycles.